The van der Waals surface area contributed by atoms with Crippen LogP contribution in [0.2, 0.25) is 0 Å². The highest BCUT2D eigenvalue weighted by atomic mass is 16.2. The van der Waals surface area contributed by atoms with Crippen LogP contribution < -0.4 is 5.32 Å². The second kappa shape index (κ2) is 7.56. The van der Waals surface area contributed by atoms with Crippen LogP contribution in [0.5, 0.6) is 0 Å². The van der Waals surface area contributed by atoms with Gasteiger partial charge < -0.3 is 10.4 Å². The predicted octanol–water partition coefficient (Wildman–Crippen LogP) is 1.78. The third-order valence-corrected chi connectivity index (χ3v) is 2.22. The van der Waals surface area contributed by atoms with E-state index in [0.717, 1.165) is 12.0 Å². The third kappa shape index (κ3) is 5.56. The van der Waals surface area contributed by atoms with Gasteiger partial charge in [0.2, 0.25) is 0 Å². The molecular weight excluding hydrogens is 150 g/mol. The van der Waals surface area contributed by atoms with Crippen LogP contribution in [0, 0.1) is 5.92 Å². The number of aliphatic hydroxyl groups is 1. The van der Waals surface area contributed by atoms with Gasteiger partial charge in [0, 0.05) is 12.6 Å². The van der Waals surface area contributed by atoms with E-state index in [0.29, 0.717) is 0 Å². The Bertz CT molecular complexity index is 95.8. The molecule has 2 atom stereocenters. The lowest BCUT2D eigenvalue weighted by Gasteiger charge is -1.94. The van der Waals surface area contributed by atoms with E-state index in [4.69, 9.17) is 5.11 Å². The molecule has 74 valence electrons. The zero-order valence-corrected chi connectivity index (χ0v) is 8.64. The van der Waals surface area contributed by atoms with Gasteiger partial charge in [0.15, 0.2) is 0 Å². The molecule has 1 rings (SSSR count). The minimum Gasteiger partial charge on any atom is -0.397 e. The summed E-state index contributed by atoms with van der Waals surface area (Å²) in [6.07, 6.45) is 5.65. The van der Waals surface area contributed by atoms with E-state index in [1.54, 1.807) is 6.92 Å². The van der Waals surface area contributed by atoms with E-state index < -0.39 is 0 Å². The lowest BCUT2D eigenvalue weighted by atomic mass is 10.2. The maximum absolute atomic E-state index is 7.57. The van der Waals surface area contributed by atoms with E-state index in [9.17, 15) is 0 Å². The summed E-state index contributed by atoms with van der Waals surface area (Å²) in [5.41, 5.74) is 0. The van der Waals surface area contributed by atoms with Crippen LogP contribution in [0.25, 0.3) is 0 Å². The van der Waals surface area contributed by atoms with E-state index >= 15 is 0 Å². The molecule has 12 heavy (non-hydrogen) atoms. The molecule has 1 aliphatic carbocycles. The van der Waals surface area contributed by atoms with E-state index in [1.165, 1.54) is 25.7 Å². The van der Waals surface area contributed by atoms with E-state index in [1.807, 2.05) is 0 Å². The lowest BCUT2D eigenvalue weighted by molar-refractivity contribution is 0.318. The van der Waals surface area contributed by atoms with Crippen LogP contribution in [0.15, 0.2) is 0 Å². The van der Waals surface area contributed by atoms with E-state index in [2.05, 4.69) is 19.3 Å². The fourth-order valence-corrected chi connectivity index (χ4v) is 1.39. The summed E-state index contributed by atoms with van der Waals surface area (Å²) in [5.74, 6) is 1.02. The second-order valence-corrected chi connectivity index (χ2v) is 3.35. The van der Waals surface area contributed by atoms with Gasteiger partial charge in [0.05, 0.1) is 0 Å². The highest BCUT2D eigenvalue weighted by molar-refractivity contribution is 4.91. The summed E-state index contributed by atoms with van der Waals surface area (Å²) >= 11 is 0. The lowest BCUT2D eigenvalue weighted by Crippen LogP contribution is -2.10. The number of hydrogen-bond donors (Lipinski definition) is 2. The first-order chi connectivity index (χ1) is 5.79. The van der Waals surface area contributed by atoms with Gasteiger partial charge >= 0.3 is 0 Å². The van der Waals surface area contributed by atoms with Gasteiger partial charge in [0.1, 0.15) is 0 Å². The Labute approximate surface area is 76.4 Å². The molecule has 0 aromatic carbocycles. The van der Waals surface area contributed by atoms with E-state index in [-0.39, 0.29) is 6.61 Å². The SMILES string of the molecule is CCCCC1CC1NC.CCO. The van der Waals surface area contributed by atoms with Crippen LogP contribution in [0.3, 0.4) is 0 Å². The van der Waals surface area contributed by atoms with Gasteiger partial charge in [-0.15, -0.1) is 0 Å². The van der Waals surface area contributed by atoms with Crippen molar-refractivity contribution in [2.45, 2.75) is 45.6 Å². The van der Waals surface area contributed by atoms with Crippen LogP contribution in [-0.4, -0.2) is 24.8 Å². The molecule has 0 aromatic rings. The smallest absolute Gasteiger partial charge is 0.0402 e. The number of rotatable bonds is 4. The zero-order valence-electron chi connectivity index (χ0n) is 8.64. The molecule has 2 N–H and O–H groups in total. The van der Waals surface area contributed by atoms with Gasteiger partial charge in [-0.25, -0.2) is 0 Å². The van der Waals surface area contributed by atoms with Crippen molar-refractivity contribution in [3.63, 3.8) is 0 Å². The fourth-order valence-electron chi connectivity index (χ4n) is 1.39. The molecule has 0 saturated heterocycles. The molecule has 0 spiro atoms. The van der Waals surface area contributed by atoms with Crippen molar-refractivity contribution in [3.8, 4) is 0 Å². The van der Waals surface area contributed by atoms with Gasteiger partial charge in [-0.1, -0.05) is 19.8 Å². The van der Waals surface area contributed by atoms with Crippen molar-refractivity contribution in [1.29, 1.82) is 0 Å². The minimum absolute atomic E-state index is 0.250. The summed E-state index contributed by atoms with van der Waals surface area (Å²) in [4.78, 5) is 0. The Morgan fingerprint density at radius 3 is 2.33 bits per heavy atom. The summed E-state index contributed by atoms with van der Waals surface area (Å²) in [5, 5.41) is 10.9. The van der Waals surface area contributed by atoms with Gasteiger partial charge in [-0.3, -0.25) is 0 Å². The number of aliphatic hydroxyl groups excluding tert-OH is 1. The highest BCUT2D eigenvalue weighted by Gasteiger charge is 2.34. The minimum atomic E-state index is 0.250. The molecule has 0 heterocycles. The molecule has 0 aliphatic heterocycles. The van der Waals surface area contributed by atoms with Crippen molar-refractivity contribution < 1.29 is 5.11 Å². The van der Waals surface area contributed by atoms with Crippen LogP contribution >= 0.6 is 0 Å². The summed E-state index contributed by atoms with van der Waals surface area (Å²) in [7, 11) is 2.07. The molecule has 2 nitrogen and oxygen atoms in total. The molecule has 0 radical (unpaired) electrons. The Hall–Kier alpha value is -0.0800. The summed E-state index contributed by atoms with van der Waals surface area (Å²) in [6, 6.07) is 0.872. The highest BCUT2D eigenvalue weighted by Crippen LogP contribution is 2.34. The molecular formula is C10H23NO. The summed E-state index contributed by atoms with van der Waals surface area (Å²) in [6.45, 7) is 4.19. The Balaban J connectivity index is 0.000000354. The van der Waals surface area contributed by atoms with Crippen LogP contribution in [0.4, 0.5) is 0 Å². The number of nitrogens with one attached hydrogen (secondary N) is 1. The third-order valence-electron chi connectivity index (χ3n) is 2.22. The fraction of sp³-hybridized carbons (Fsp3) is 1.00. The molecule has 1 saturated carbocycles. The molecule has 1 fully saturated rings. The first-order valence-electron chi connectivity index (χ1n) is 5.08. The normalized spacial score (nSPS) is 26.0. The Kier molecular flexibility index (Phi) is 7.51. The largest absolute Gasteiger partial charge is 0.397 e. The standard InChI is InChI=1S/C8H17N.C2H6O/c1-3-4-5-7-6-8(7)9-2;1-2-3/h7-9H,3-6H2,1-2H3;3H,2H2,1H3. The first-order valence-corrected chi connectivity index (χ1v) is 5.08. The quantitative estimate of drug-likeness (QED) is 0.679. The Morgan fingerprint density at radius 2 is 2.00 bits per heavy atom. The molecule has 0 amide bonds. The molecule has 0 bridgehead atoms. The molecule has 2 unspecified atom stereocenters. The predicted molar refractivity (Wildman–Crippen MR) is 53.2 cm³/mol. The van der Waals surface area contributed by atoms with Crippen molar-refractivity contribution in [1.82, 2.24) is 5.32 Å². The maximum atomic E-state index is 7.57. The average Bonchev–Trinajstić information content (AvgIpc) is 2.81. The van der Waals surface area contributed by atoms with Crippen molar-refractivity contribution >= 4 is 0 Å². The Morgan fingerprint density at radius 1 is 1.42 bits per heavy atom. The molecule has 0 aromatic heterocycles. The monoisotopic (exact) mass is 173 g/mol. The molecule has 2 heteroatoms. The first kappa shape index (κ1) is 11.9. The molecule has 1 aliphatic rings. The topological polar surface area (TPSA) is 32.3 Å². The van der Waals surface area contributed by atoms with Gasteiger partial charge in [-0.05, 0) is 32.7 Å². The zero-order chi connectivity index (χ0) is 9.40. The van der Waals surface area contributed by atoms with Gasteiger partial charge in [0.25, 0.3) is 0 Å². The van der Waals surface area contributed by atoms with Crippen LogP contribution in [0.1, 0.15) is 39.5 Å². The van der Waals surface area contributed by atoms with Crippen molar-refractivity contribution in [2.24, 2.45) is 5.92 Å². The second-order valence-electron chi connectivity index (χ2n) is 3.35. The summed E-state index contributed by atoms with van der Waals surface area (Å²) < 4.78 is 0. The maximum Gasteiger partial charge on any atom is 0.0402 e. The van der Waals surface area contributed by atoms with Gasteiger partial charge in [-0.2, -0.15) is 0 Å². The van der Waals surface area contributed by atoms with Crippen molar-refractivity contribution in [3.05, 3.63) is 0 Å². The number of hydrogen-bond acceptors (Lipinski definition) is 2. The van der Waals surface area contributed by atoms with Crippen LogP contribution in [-0.2, 0) is 0 Å². The van der Waals surface area contributed by atoms with Crippen molar-refractivity contribution in [2.75, 3.05) is 13.7 Å². The number of unbranched alkanes of at least 4 members (excludes halogenated alkanes) is 1. The average molecular weight is 173 g/mol.